The molecule has 0 spiro atoms. The molecule has 1 aromatic heterocycles. The van der Waals surface area contributed by atoms with Gasteiger partial charge >= 0.3 is 0 Å². The van der Waals surface area contributed by atoms with Crippen molar-refractivity contribution in [2.24, 2.45) is 0 Å². The SMILES string of the molecule is CCN(CC)S(=O)(=O)c1ccc2c(c1)nc(SCc1ccc(SC)cc1)n2C(C)C. The van der Waals surface area contributed by atoms with Crippen LogP contribution in [-0.4, -0.2) is 41.6 Å². The third-order valence-corrected chi connectivity index (χ3v) is 8.83. The molecule has 0 bridgehead atoms. The van der Waals surface area contributed by atoms with Crippen LogP contribution in [0.4, 0.5) is 0 Å². The van der Waals surface area contributed by atoms with E-state index in [2.05, 4.69) is 48.9 Å². The Bertz CT molecular complexity index is 1100. The highest BCUT2D eigenvalue weighted by Gasteiger charge is 2.23. The summed E-state index contributed by atoms with van der Waals surface area (Å²) < 4.78 is 29.5. The number of imidazole rings is 1. The van der Waals surface area contributed by atoms with Crippen LogP contribution in [0.2, 0.25) is 0 Å². The van der Waals surface area contributed by atoms with Gasteiger partial charge in [0.2, 0.25) is 10.0 Å². The summed E-state index contributed by atoms with van der Waals surface area (Å²) in [5.41, 5.74) is 2.92. The van der Waals surface area contributed by atoms with Gasteiger partial charge in [0, 0.05) is 29.8 Å². The minimum Gasteiger partial charge on any atom is -0.316 e. The normalized spacial score (nSPS) is 12.4. The van der Waals surface area contributed by atoms with Crippen LogP contribution in [0.5, 0.6) is 0 Å². The largest absolute Gasteiger partial charge is 0.316 e. The molecule has 2 aromatic carbocycles. The second-order valence-electron chi connectivity index (χ2n) is 7.23. The van der Waals surface area contributed by atoms with Crippen molar-refractivity contribution in [3.63, 3.8) is 0 Å². The number of nitrogens with zero attached hydrogens (tertiary/aromatic N) is 3. The molecule has 30 heavy (non-hydrogen) atoms. The minimum atomic E-state index is -3.50. The Balaban J connectivity index is 1.95. The van der Waals surface area contributed by atoms with E-state index in [4.69, 9.17) is 4.98 Å². The maximum absolute atomic E-state index is 12.9. The van der Waals surface area contributed by atoms with Crippen molar-refractivity contribution in [3.05, 3.63) is 48.0 Å². The lowest BCUT2D eigenvalue weighted by Crippen LogP contribution is -2.30. The topological polar surface area (TPSA) is 55.2 Å². The molecule has 0 N–H and O–H groups in total. The number of hydrogen-bond acceptors (Lipinski definition) is 5. The fourth-order valence-electron chi connectivity index (χ4n) is 3.40. The van der Waals surface area contributed by atoms with E-state index in [9.17, 15) is 8.42 Å². The van der Waals surface area contributed by atoms with Gasteiger partial charge in [-0.25, -0.2) is 13.4 Å². The van der Waals surface area contributed by atoms with Crippen LogP contribution < -0.4 is 0 Å². The highest BCUT2D eigenvalue weighted by atomic mass is 32.2. The summed E-state index contributed by atoms with van der Waals surface area (Å²) in [6.45, 7) is 8.86. The van der Waals surface area contributed by atoms with Crippen LogP contribution in [-0.2, 0) is 15.8 Å². The van der Waals surface area contributed by atoms with Gasteiger partial charge in [-0.2, -0.15) is 4.31 Å². The maximum atomic E-state index is 12.9. The summed E-state index contributed by atoms with van der Waals surface area (Å²) >= 11 is 3.42. The van der Waals surface area contributed by atoms with Gasteiger partial charge in [0.25, 0.3) is 0 Å². The molecule has 3 aromatic rings. The van der Waals surface area contributed by atoms with E-state index in [0.717, 1.165) is 21.9 Å². The van der Waals surface area contributed by atoms with E-state index in [-0.39, 0.29) is 6.04 Å². The first-order chi connectivity index (χ1) is 14.3. The lowest BCUT2D eigenvalue weighted by molar-refractivity contribution is 0.445. The van der Waals surface area contributed by atoms with Gasteiger partial charge in [-0.05, 0) is 56.0 Å². The third-order valence-electron chi connectivity index (χ3n) is 5.02. The molecule has 0 amide bonds. The molecule has 0 aliphatic rings. The van der Waals surface area contributed by atoms with E-state index >= 15 is 0 Å². The zero-order valence-electron chi connectivity index (χ0n) is 18.1. The average Bonchev–Trinajstić information content (AvgIpc) is 3.11. The predicted octanol–water partition coefficient (Wildman–Crippen LogP) is 5.66. The van der Waals surface area contributed by atoms with Gasteiger partial charge in [0.15, 0.2) is 5.16 Å². The zero-order valence-corrected chi connectivity index (χ0v) is 20.6. The average molecular weight is 464 g/mol. The Morgan fingerprint density at radius 3 is 2.30 bits per heavy atom. The number of fused-ring (bicyclic) bond motifs is 1. The Hall–Kier alpha value is -1.48. The molecular formula is C22H29N3O2S3. The minimum absolute atomic E-state index is 0.224. The summed E-state index contributed by atoms with van der Waals surface area (Å²) in [7, 11) is -3.50. The summed E-state index contributed by atoms with van der Waals surface area (Å²) in [6, 6.07) is 14.1. The first kappa shape index (κ1) is 23.2. The summed E-state index contributed by atoms with van der Waals surface area (Å²) in [6.07, 6.45) is 2.07. The van der Waals surface area contributed by atoms with Gasteiger partial charge < -0.3 is 4.57 Å². The number of benzene rings is 2. The smallest absolute Gasteiger partial charge is 0.243 e. The molecule has 8 heteroatoms. The molecule has 1 heterocycles. The highest BCUT2D eigenvalue weighted by Crippen LogP contribution is 2.31. The number of thioether (sulfide) groups is 2. The van der Waals surface area contributed by atoms with Gasteiger partial charge in [0.05, 0.1) is 15.9 Å². The molecule has 0 unspecified atom stereocenters. The molecule has 5 nitrogen and oxygen atoms in total. The first-order valence-corrected chi connectivity index (χ1v) is 13.7. The second-order valence-corrected chi connectivity index (χ2v) is 11.0. The van der Waals surface area contributed by atoms with Gasteiger partial charge in [-0.15, -0.1) is 11.8 Å². The van der Waals surface area contributed by atoms with Crippen molar-refractivity contribution in [1.82, 2.24) is 13.9 Å². The Morgan fingerprint density at radius 1 is 1.07 bits per heavy atom. The fourth-order valence-corrected chi connectivity index (χ4v) is 6.39. The van der Waals surface area contributed by atoms with Crippen LogP contribution in [0.1, 0.15) is 39.3 Å². The predicted molar refractivity (Wildman–Crippen MR) is 128 cm³/mol. The van der Waals surface area contributed by atoms with E-state index in [1.807, 2.05) is 19.9 Å². The summed E-state index contributed by atoms with van der Waals surface area (Å²) in [5.74, 6) is 0.815. The van der Waals surface area contributed by atoms with E-state index in [1.54, 1.807) is 35.7 Å². The standard InChI is InChI=1S/C22H29N3O2S3/c1-6-24(7-2)30(26,27)19-12-13-21-20(14-19)23-22(25(21)16(3)4)29-15-17-8-10-18(28-5)11-9-17/h8-14,16H,6-7,15H2,1-5H3. The molecule has 0 aliphatic carbocycles. The summed E-state index contributed by atoms with van der Waals surface area (Å²) in [5, 5.41) is 0.909. The number of rotatable bonds is 9. The van der Waals surface area contributed by atoms with Gasteiger partial charge in [-0.3, -0.25) is 0 Å². The molecule has 0 fully saturated rings. The van der Waals surface area contributed by atoms with Crippen molar-refractivity contribution in [1.29, 1.82) is 0 Å². The summed E-state index contributed by atoms with van der Waals surface area (Å²) in [4.78, 5) is 6.36. The Kier molecular flexibility index (Phi) is 7.55. The van der Waals surface area contributed by atoms with Crippen molar-refractivity contribution in [2.75, 3.05) is 19.3 Å². The molecule has 3 rings (SSSR count). The van der Waals surface area contributed by atoms with Crippen molar-refractivity contribution >= 4 is 44.6 Å². The van der Waals surface area contributed by atoms with Crippen LogP contribution in [0.15, 0.2) is 57.4 Å². The molecule has 0 atom stereocenters. The highest BCUT2D eigenvalue weighted by molar-refractivity contribution is 7.98. The zero-order chi connectivity index (χ0) is 21.9. The van der Waals surface area contributed by atoms with Crippen LogP contribution in [0.3, 0.4) is 0 Å². The Morgan fingerprint density at radius 2 is 1.73 bits per heavy atom. The van der Waals surface area contributed by atoms with Crippen molar-refractivity contribution in [3.8, 4) is 0 Å². The molecule has 0 saturated carbocycles. The first-order valence-electron chi connectivity index (χ1n) is 10.1. The number of hydrogen-bond donors (Lipinski definition) is 0. The van der Waals surface area contributed by atoms with E-state index in [0.29, 0.717) is 18.0 Å². The molecule has 0 aliphatic heterocycles. The van der Waals surface area contributed by atoms with E-state index in [1.165, 1.54) is 14.8 Å². The van der Waals surface area contributed by atoms with Gasteiger partial charge in [0.1, 0.15) is 0 Å². The monoisotopic (exact) mass is 463 g/mol. The van der Waals surface area contributed by atoms with Crippen molar-refractivity contribution in [2.45, 2.75) is 54.4 Å². The third kappa shape index (κ3) is 4.72. The number of sulfonamides is 1. The van der Waals surface area contributed by atoms with Crippen LogP contribution in [0, 0.1) is 0 Å². The van der Waals surface area contributed by atoms with Gasteiger partial charge in [-0.1, -0.05) is 37.7 Å². The quantitative estimate of drug-likeness (QED) is 0.383. The molecule has 0 saturated heterocycles. The maximum Gasteiger partial charge on any atom is 0.243 e. The van der Waals surface area contributed by atoms with Crippen LogP contribution >= 0.6 is 23.5 Å². The second kappa shape index (κ2) is 9.77. The van der Waals surface area contributed by atoms with Crippen LogP contribution in [0.25, 0.3) is 11.0 Å². The van der Waals surface area contributed by atoms with E-state index < -0.39 is 10.0 Å². The Labute approximate surface area is 188 Å². The van der Waals surface area contributed by atoms with Crippen molar-refractivity contribution < 1.29 is 8.42 Å². The lowest BCUT2D eigenvalue weighted by Gasteiger charge is -2.18. The lowest BCUT2D eigenvalue weighted by atomic mass is 10.2. The molecular weight excluding hydrogens is 434 g/mol. The fraction of sp³-hybridized carbons (Fsp3) is 0.409. The molecule has 162 valence electrons. The number of aromatic nitrogens is 2. The molecule has 0 radical (unpaired) electrons.